The van der Waals surface area contributed by atoms with Crippen molar-refractivity contribution in [1.29, 1.82) is 0 Å². The van der Waals surface area contributed by atoms with Gasteiger partial charge in [0.2, 0.25) is 5.69 Å². The first-order valence-electron chi connectivity index (χ1n) is 10.7. The molecule has 12 heteroatoms. The molecule has 8 nitrogen and oxygen atoms in total. The van der Waals surface area contributed by atoms with Crippen molar-refractivity contribution in [2.24, 2.45) is 0 Å². The molecule has 1 aromatic heterocycles. The first kappa shape index (κ1) is 24.3. The number of nitrogens with zero attached hydrogens (tertiary/aromatic N) is 3. The topological polar surface area (TPSA) is 95.2 Å². The van der Waals surface area contributed by atoms with Crippen LogP contribution in [0, 0.1) is 5.82 Å². The number of hydrogen-bond donors (Lipinski definition) is 1. The summed E-state index contributed by atoms with van der Waals surface area (Å²) < 4.78 is 59.7. The highest BCUT2D eigenvalue weighted by Gasteiger charge is 2.30. The molecule has 0 aliphatic carbocycles. The van der Waals surface area contributed by atoms with Crippen molar-refractivity contribution in [2.75, 3.05) is 13.2 Å². The number of aromatic nitrogens is 3. The van der Waals surface area contributed by atoms with Gasteiger partial charge in [-0.05, 0) is 42.7 Å². The lowest BCUT2D eigenvalue weighted by Gasteiger charge is -2.14. The van der Waals surface area contributed by atoms with Gasteiger partial charge >= 0.3 is 11.9 Å². The predicted octanol–water partition coefficient (Wildman–Crippen LogP) is 2.51. The predicted molar refractivity (Wildman–Crippen MR) is 116 cm³/mol. The molecule has 1 fully saturated rings. The number of rotatable bonds is 6. The molecule has 0 spiro atoms. The van der Waals surface area contributed by atoms with E-state index in [4.69, 9.17) is 4.74 Å². The van der Waals surface area contributed by atoms with Gasteiger partial charge in [0.1, 0.15) is 11.5 Å². The first-order chi connectivity index (χ1) is 16.6. The fraction of sp³-hybridized carbons (Fsp3) is 0.304. The molecule has 0 radical (unpaired) electrons. The summed E-state index contributed by atoms with van der Waals surface area (Å²) in [7, 11) is 0. The number of carbonyl (C=O) groups excluding carboxylic acids is 1. The quantitative estimate of drug-likeness (QED) is 0.534. The Morgan fingerprint density at radius 2 is 1.83 bits per heavy atom. The number of amides is 1. The van der Waals surface area contributed by atoms with Gasteiger partial charge in [-0.25, -0.2) is 9.18 Å². The van der Waals surface area contributed by atoms with Gasteiger partial charge < -0.3 is 10.1 Å². The summed E-state index contributed by atoms with van der Waals surface area (Å²) in [5, 5.41) is 6.36. The van der Waals surface area contributed by atoms with E-state index >= 15 is 0 Å². The van der Waals surface area contributed by atoms with E-state index in [2.05, 4.69) is 10.4 Å². The summed E-state index contributed by atoms with van der Waals surface area (Å²) in [5.41, 5.74) is -3.80. The number of benzene rings is 2. The lowest BCUT2D eigenvalue weighted by Crippen LogP contribution is -2.46. The third kappa shape index (κ3) is 5.32. The summed E-state index contributed by atoms with van der Waals surface area (Å²) in [6.07, 6.45) is -3.24. The Bertz CT molecular complexity index is 1340. The van der Waals surface area contributed by atoms with Crippen LogP contribution in [0.3, 0.4) is 0 Å². The Kier molecular flexibility index (Phi) is 6.83. The summed E-state index contributed by atoms with van der Waals surface area (Å²) >= 11 is 0. The van der Waals surface area contributed by atoms with E-state index in [0.717, 1.165) is 43.2 Å². The fourth-order valence-corrected chi connectivity index (χ4v) is 3.65. The highest BCUT2D eigenvalue weighted by Crippen LogP contribution is 2.29. The minimum Gasteiger partial charge on any atom is -0.376 e. The second-order valence-electron chi connectivity index (χ2n) is 7.93. The maximum Gasteiger partial charge on any atom is 0.416 e. The molecule has 184 valence electrons. The lowest BCUT2D eigenvalue weighted by atomic mass is 10.1. The molecule has 1 atom stereocenters. The van der Waals surface area contributed by atoms with E-state index in [1.165, 1.54) is 18.2 Å². The van der Waals surface area contributed by atoms with Crippen molar-refractivity contribution in [3.8, 4) is 5.69 Å². The number of nitrogens with one attached hydrogen (secondary N) is 1. The van der Waals surface area contributed by atoms with Crippen molar-refractivity contribution >= 4 is 5.91 Å². The third-order valence-corrected chi connectivity index (χ3v) is 5.49. The molecule has 2 aromatic carbocycles. The van der Waals surface area contributed by atoms with E-state index < -0.39 is 47.0 Å². The van der Waals surface area contributed by atoms with Crippen LogP contribution in [0.4, 0.5) is 17.6 Å². The molecular weight excluding hydrogens is 472 g/mol. The van der Waals surface area contributed by atoms with E-state index in [1.807, 2.05) is 0 Å². The minimum atomic E-state index is -4.56. The number of halogens is 4. The second-order valence-corrected chi connectivity index (χ2v) is 7.93. The van der Waals surface area contributed by atoms with Crippen LogP contribution in [0.1, 0.15) is 34.5 Å². The van der Waals surface area contributed by atoms with Gasteiger partial charge in [-0.2, -0.15) is 23.0 Å². The monoisotopic (exact) mass is 492 g/mol. The zero-order valence-corrected chi connectivity index (χ0v) is 18.2. The van der Waals surface area contributed by atoms with Crippen LogP contribution >= 0.6 is 0 Å². The molecular formula is C23H20F4N4O4. The van der Waals surface area contributed by atoms with E-state index in [9.17, 15) is 31.9 Å². The van der Waals surface area contributed by atoms with Gasteiger partial charge in [-0.1, -0.05) is 24.3 Å². The normalized spacial score (nSPS) is 15.8. The number of hydrogen-bond acceptors (Lipinski definition) is 5. The van der Waals surface area contributed by atoms with Crippen molar-refractivity contribution < 1.29 is 27.1 Å². The summed E-state index contributed by atoms with van der Waals surface area (Å²) in [6, 6.07) is 8.99. The molecule has 1 aliphatic heterocycles. The highest BCUT2D eigenvalue weighted by atomic mass is 19.4. The first-order valence-corrected chi connectivity index (χ1v) is 10.7. The zero-order chi connectivity index (χ0) is 25.2. The molecule has 2 heterocycles. The maximum atomic E-state index is 14.4. The SMILES string of the molecule is O=C(NC[C@H]1CCCO1)c1nn(-c2ccccc2F)c(=O)n(Cc2ccc(C(F)(F)F)cc2)c1=O. The summed E-state index contributed by atoms with van der Waals surface area (Å²) in [6.45, 7) is 0.202. The number of carbonyl (C=O) groups is 1. The molecule has 4 rings (SSSR count). The van der Waals surface area contributed by atoms with Crippen LogP contribution in [0.5, 0.6) is 0 Å². The van der Waals surface area contributed by atoms with Gasteiger partial charge in [-0.3, -0.25) is 14.2 Å². The van der Waals surface area contributed by atoms with E-state index in [-0.39, 0.29) is 23.9 Å². The Morgan fingerprint density at radius 1 is 1.11 bits per heavy atom. The zero-order valence-electron chi connectivity index (χ0n) is 18.2. The standard InChI is InChI=1S/C23H20F4N4O4/c24-17-5-1-2-6-18(17)31-22(34)30(13-14-7-9-15(10-8-14)23(25,26)27)21(33)19(29-31)20(32)28-12-16-4-3-11-35-16/h1-2,5-10,16H,3-4,11-13H2,(H,28,32)/t16-/m1/s1. The van der Waals surface area contributed by atoms with Crippen LogP contribution in [-0.4, -0.2) is 39.5 Å². The van der Waals surface area contributed by atoms with Crippen molar-refractivity contribution in [3.05, 3.63) is 92.0 Å². The Balaban J connectivity index is 1.75. The fourth-order valence-electron chi connectivity index (χ4n) is 3.65. The number of ether oxygens (including phenoxy) is 1. The van der Waals surface area contributed by atoms with Crippen LogP contribution in [-0.2, 0) is 17.5 Å². The highest BCUT2D eigenvalue weighted by molar-refractivity contribution is 5.91. The summed E-state index contributed by atoms with van der Waals surface area (Å²) in [4.78, 5) is 38.9. The molecule has 0 unspecified atom stereocenters. The van der Waals surface area contributed by atoms with Crippen LogP contribution in [0.2, 0.25) is 0 Å². The number of para-hydroxylation sites is 1. The van der Waals surface area contributed by atoms with Crippen molar-refractivity contribution in [1.82, 2.24) is 19.7 Å². The molecule has 1 amide bonds. The largest absolute Gasteiger partial charge is 0.416 e. The molecule has 0 bridgehead atoms. The van der Waals surface area contributed by atoms with E-state index in [1.54, 1.807) is 0 Å². The van der Waals surface area contributed by atoms with E-state index in [0.29, 0.717) is 15.9 Å². The Labute approximate surface area is 195 Å². The van der Waals surface area contributed by atoms with Crippen LogP contribution in [0.25, 0.3) is 5.69 Å². The molecule has 35 heavy (non-hydrogen) atoms. The smallest absolute Gasteiger partial charge is 0.376 e. The molecule has 1 saturated heterocycles. The Hall–Kier alpha value is -3.80. The molecule has 3 aromatic rings. The maximum absolute atomic E-state index is 14.4. The van der Waals surface area contributed by atoms with Gasteiger partial charge in [0.15, 0.2) is 0 Å². The van der Waals surface area contributed by atoms with Crippen molar-refractivity contribution in [2.45, 2.75) is 31.7 Å². The lowest BCUT2D eigenvalue weighted by molar-refractivity contribution is -0.137. The minimum absolute atomic E-state index is 0.109. The third-order valence-electron chi connectivity index (χ3n) is 5.49. The second kappa shape index (κ2) is 9.82. The van der Waals surface area contributed by atoms with Gasteiger partial charge in [-0.15, -0.1) is 0 Å². The van der Waals surface area contributed by atoms with Crippen LogP contribution < -0.4 is 16.6 Å². The van der Waals surface area contributed by atoms with Gasteiger partial charge in [0.05, 0.1) is 18.2 Å². The van der Waals surface area contributed by atoms with Crippen molar-refractivity contribution in [3.63, 3.8) is 0 Å². The molecule has 1 aliphatic rings. The van der Waals surface area contributed by atoms with Crippen LogP contribution in [0.15, 0.2) is 58.1 Å². The average molecular weight is 492 g/mol. The molecule has 1 N–H and O–H groups in total. The Morgan fingerprint density at radius 3 is 2.46 bits per heavy atom. The average Bonchev–Trinajstić information content (AvgIpc) is 3.34. The van der Waals surface area contributed by atoms with Gasteiger partial charge in [0.25, 0.3) is 11.5 Å². The summed E-state index contributed by atoms with van der Waals surface area (Å²) in [5.74, 6) is -1.72. The van der Waals surface area contributed by atoms with Gasteiger partial charge in [0, 0.05) is 13.2 Å². The molecule has 0 saturated carbocycles. The number of alkyl halides is 3.